The molecule has 1 saturated heterocycles. The van der Waals surface area contributed by atoms with Gasteiger partial charge in [0.15, 0.2) is 0 Å². The van der Waals surface area contributed by atoms with Crippen molar-refractivity contribution in [3.63, 3.8) is 0 Å². The molecular weight excluding hydrogens is 262 g/mol. The summed E-state index contributed by atoms with van der Waals surface area (Å²) in [5.41, 5.74) is 1.69. The van der Waals surface area contributed by atoms with Crippen molar-refractivity contribution >= 4 is 0 Å². The van der Waals surface area contributed by atoms with E-state index in [-0.39, 0.29) is 0 Å². The summed E-state index contributed by atoms with van der Waals surface area (Å²) >= 11 is 0. The summed E-state index contributed by atoms with van der Waals surface area (Å²) in [7, 11) is 2.07. The maximum absolute atomic E-state index is 6.16. The second kappa shape index (κ2) is 5.29. The first-order chi connectivity index (χ1) is 10.3. The minimum atomic E-state index is 0.293. The number of para-hydroxylation sites is 1. The fourth-order valence-electron chi connectivity index (χ4n) is 4.46. The molecule has 1 aliphatic carbocycles. The van der Waals surface area contributed by atoms with Gasteiger partial charge in [-0.05, 0) is 44.7 Å². The predicted molar refractivity (Wildman–Crippen MR) is 82.7 cm³/mol. The third-order valence-electron chi connectivity index (χ3n) is 5.53. The highest BCUT2D eigenvalue weighted by atomic mass is 16.5. The lowest BCUT2D eigenvalue weighted by Gasteiger charge is -2.36. The van der Waals surface area contributed by atoms with Crippen LogP contribution in [0.4, 0.5) is 0 Å². The standard InChI is InChI=1S/C18H25NO2/c1-19-12-18(8-9-20-17(18)13-6-7-13)10-14-11-21-16-5-3-2-4-15(14)16/h2-5,13-14,17,19H,6-12H2,1H3. The van der Waals surface area contributed by atoms with Gasteiger partial charge in [-0.15, -0.1) is 0 Å². The van der Waals surface area contributed by atoms with E-state index < -0.39 is 0 Å². The van der Waals surface area contributed by atoms with Crippen LogP contribution < -0.4 is 10.1 Å². The number of benzene rings is 1. The smallest absolute Gasteiger partial charge is 0.122 e. The topological polar surface area (TPSA) is 30.5 Å². The van der Waals surface area contributed by atoms with Crippen LogP contribution in [0.25, 0.3) is 0 Å². The van der Waals surface area contributed by atoms with Gasteiger partial charge in [0.25, 0.3) is 0 Å². The maximum Gasteiger partial charge on any atom is 0.122 e. The molecule has 3 aliphatic rings. The van der Waals surface area contributed by atoms with E-state index in [1.807, 2.05) is 0 Å². The van der Waals surface area contributed by atoms with Crippen molar-refractivity contribution in [2.24, 2.45) is 11.3 Å². The van der Waals surface area contributed by atoms with Gasteiger partial charge in [0, 0.05) is 30.0 Å². The Kier molecular flexibility index (Phi) is 3.43. The van der Waals surface area contributed by atoms with E-state index in [2.05, 4.69) is 36.6 Å². The average Bonchev–Trinajstić information content (AvgIpc) is 3.15. The van der Waals surface area contributed by atoms with E-state index in [4.69, 9.17) is 9.47 Å². The van der Waals surface area contributed by atoms with Crippen LogP contribution in [-0.4, -0.2) is 32.9 Å². The van der Waals surface area contributed by atoms with E-state index in [9.17, 15) is 0 Å². The van der Waals surface area contributed by atoms with Crippen molar-refractivity contribution in [3.8, 4) is 5.75 Å². The Morgan fingerprint density at radius 1 is 1.29 bits per heavy atom. The Labute approximate surface area is 127 Å². The first-order valence-electron chi connectivity index (χ1n) is 8.30. The number of nitrogens with one attached hydrogen (secondary N) is 1. The summed E-state index contributed by atoms with van der Waals surface area (Å²) in [5.74, 6) is 2.42. The molecule has 1 N–H and O–H groups in total. The first-order valence-corrected chi connectivity index (χ1v) is 8.30. The minimum Gasteiger partial charge on any atom is -0.493 e. The van der Waals surface area contributed by atoms with Gasteiger partial charge in [0.1, 0.15) is 5.75 Å². The number of hydrogen-bond acceptors (Lipinski definition) is 3. The zero-order valence-electron chi connectivity index (χ0n) is 12.8. The number of fused-ring (bicyclic) bond motifs is 1. The van der Waals surface area contributed by atoms with E-state index in [1.165, 1.54) is 31.2 Å². The Balaban J connectivity index is 1.58. The van der Waals surface area contributed by atoms with Crippen LogP contribution in [0, 0.1) is 11.3 Å². The number of rotatable bonds is 5. The second-order valence-corrected chi connectivity index (χ2v) is 7.02. The van der Waals surface area contributed by atoms with Crippen LogP contribution in [0.2, 0.25) is 0 Å². The third-order valence-corrected chi connectivity index (χ3v) is 5.53. The molecule has 1 aromatic rings. The molecular formula is C18H25NO2. The molecule has 3 heteroatoms. The van der Waals surface area contributed by atoms with Crippen molar-refractivity contribution in [2.75, 3.05) is 26.8 Å². The highest BCUT2D eigenvalue weighted by Gasteiger charge is 2.51. The molecule has 1 aromatic carbocycles. The highest BCUT2D eigenvalue weighted by Crippen LogP contribution is 2.52. The normalized spacial score (nSPS) is 34.7. The van der Waals surface area contributed by atoms with E-state index >= 15 is 0 Å². The summed E-state index contributed by atoms with van der Waals surface area (Å²) in [5, 5.41) is 3.44. The third kappa shape index (κ3) is 2.36. The van der Waals surface area contributed by atoms with Gasteiger partial charge < -0.3 is 14.8 Å². The predicted octanol–water partition coefficient (Wildman–Crippen LogP) is 2.96. The minimum absolute atomic E-state index is 0.293. The summed E-state index contributed by atoms with van der Waals surface area (Å²) in [6, 6.07) is 8.54. The Hall–Kier alpha value is -1.06. The zero-order chi connectivity index (χ0) is 14.3. The van der Waals surface area contributed by atoms with Crippen LogP contribution in [0.1, 0.15) is 37.2 Å². The zero-order valence-corrected chi connectivity index (χ0v) is 12.8. The van der Waals surface area contributed by atoms with Crippen molar-refractivity contribution < 1.29 is 9.47 Å². The molecule has 0 spiro atoms. The van der Waals surface area contributed by atoms with Gasteiger partial charge in [-0.25, -0.2) is 0 Å². The van der Waals surface area contributed by atoms with Crippen LogP contribution in [0.5, 0.6) is 5.75 Å². The molecule has 0 amide bonds. The van der Waals surface area contributed by atoms with Gasteiger partial charge >= 0.3 is 0 Å². The van der Waals surface area contributed by atoms with Gasteiger partial charge in [0.05, 0.1) is 12.7 Å². The van der Waals surface area contributed by atoms with E-state index in [0.717, 1.165) is 31.4 Å². The molecule has 4 rings (SSSR count). The van der Waals surface area contributed by atoms with Crippen molar-refractivity contribution in [2.45, 2.75) is 37.7 Å². The lowest BCUT2D eigenvalue weighted by Crippen LogP contribution is -2.42. The Morgan fingerprint density at radius 3 is 2.95 bits per heavy atom. The largest absolute Gasteiger partial charge is 0.493 e. The molecule has 2 fully saturated rings. The number of hydrogen-bond donors (Lipinski definition) is 1. The lowest BCUT2D eigenvalue weighted by molar-refractivity contribution is 0.0230. The van der Waals surface area contributed by atoms with E-state index in [0.29, 0.717) is 17.4 Å². The molecule has 21 heavy (non-hydrogen) atoms. The highest BCUT2D eigenvalue weighted by molar-refractivity contribution is 5.39. The molecule has 0 radical (unpaired) electrons. The lowest BCUT2D eigenvalue weighted by atomic mass is 9.71. The molecule has 0 bridgehead atoms. The van der Waals surface area contributed by atoms with Gasteiger partial charge in [-0.2, -0.15) is 0 Å². The van der Waals surface area contributed by atoms with Crippen LogP contribution in [0.3, 0.4) is 0 Å². The second-order valence-electron chi connectivity index (χ2n) is 7.02. The summed E-state index contributed by atoms with van der Waals surface area (Å²) in [6.45, 7) is 2.83. The van der Waals surface area contributed by atoms with Crippen LogP contribution in [-0.2, 0) is 4.74 Å². The Morgan fingerprint density at radius 2 is 2.14 bits per heavy atom. The van der Waals surface area contributed by atoms with Gasteiger partial charge in [-0.3, -0.25) is 0 Å². The monoisotopic (exact) mass is 287 g/mol. The van der Waals surface area contributed by atoms with Crippen molar-refractivity contribution in [3.05, 3.63) is 29.8 Å². The molecule has 114 valence electrons. The summed E-state index contributed by atoms with van der Waals surface area (Å²) in [4.78, 5) is 0. The molecule has 0 aromatic heterocycles. The fraction of sp³-hybridized carbons (Fsp3) is 0.667. The molecule has 3 nitrogen and oxygen atoms in total. The number of ether oxygens (including phenoxy) is 2. The van der Waals surface area contributed by atoms with Gasteiger partial charge in [-0.1, -0.05) is 18.2 Å². The molecule has 2 heterocycles. The van der Waals surface area contributed by atoms with Crippen LogP contribution in [0.15, 0.2) is 24.3 Å². The molecule has 2 aliphatic heterocycles. The van der Waals surface area contributed by atoms with Gasteiger partial charge in [0.2, 0.25) is 0 Å². The maximum atomic E-state index is 6.16. The fourth-order valence-corrected chi connectivity index (χ4v) is 4.46. The SMILES string of the molecule is CNCC1(CC2COc3ccccc32)CCOC1C1CC1. The molecule has 1 saturated carbocycles. The summed E-state index contributed by atoms with van der Waals surface area (Å²) in [6.07, 6.45) is 5.54. The molecule has 3 unspecified atom stereocenters. The Bertz CT molecular complexity index is 514. The van der Waals surface area contributed by atoms with E-state index in [1.54, 1.807) is 0 Å². The first kappa shape index (κ1) is 13.6. The van der Waals surface area contributed by atoms with Crippen LogP contribution >= 0.6 is 0 Å². The summed E-state index contributed by atoms with van der Waals surface area (Å²) < 4.78 is 12.1. The van der Waals surface area contributed by atoms with Crippen molar-refractivity contribution in [1.29, 1.82) is 0 Å². The average molecular weight is 287 g/mol. The molecule has 3 atom stereocenters. The quantitative estimate of drug-likeness (QED) is 0.903. The van der Waals surface area contributed by atoms with Crippen molar-refractivity contribution in [1.82, 2.24) is 5.32 Å².